The molecule has 0 radical (unpaired) electrons. The first kappa shape index (κ1) is 62.9. The maximum atomic E-state index is 12.7. The molecule has 1 amide bonds. The molecule has 2 aliphatic heterocycles. The van der Waals surface area contributed by atoms with Crippen LogP contribution in [-0.2, 0) is 14.3 Å². The molecule has 2 heterocycles. The van der Waals surface area contributed by atoms with Crippen molar-refractivity contribution >= 4 is 46.6 Å². The van der Waals surface area contributed by atoms with Gasteiger partial charge in [-0.2, -0.15) is 0 Å². The lowest BCUT2D eigenvalue weighted by atomic mass is 9.93. The number of anilines is 2. The average Bonchev–Trinajstić information content (AvgIpc) is 3.74. The molecule has 1 unspecified atom stereocenters. The number of likely N-dealkylation sites (N-methyl/N-ethyl adjacent to an activating group) is 1. The highest BCUT2D eigenvalue weighted by Crippen LogP contribution is 2.34. The summed E-state index contributed by atoms with van der Waals surface area (Å²) >= 11 is 1.65. The fourth-order valence-corrected chi connectivity index (χ4v) is 9.07. The lowest BCUT2D eigenvalue weighted by Crippen LogP contribution is -2.36. The highest BCUT2D eigenvalue weighted by Gasteiger charge is 2.21. The molecule has 1 atom stereocenters. The van der Waals surface area contributed by atoms with Crippen LogP contribution in [0.15, 0.2) is 113 Å². The van der Waals surface area contributed by atoms with Gasteiger partial charge in [0, 0.05) is 59.8 Å². The number of aliphatic imine (C=N–C) groups is 1. The largest absolute Gasteiger partial charge is 0.495 e. The van der Waals surface area contributed by atoms with E-state index in [1.807, 2.05) is 38.1 Å². The third-order valence-electron chi connectivity index (χ3n) is 13.2. The number of nitrogens with zero attached hydrogens (tertiary/aromatic N) is 3. The molecular formula is C63H90N6O6S. The number of benzene rings is 3. The number of methoxy groups -OCH3 is 1. The Morgan fingerprint density at radius 2 is 1.72 bits per heavy atom. The predicted molar refractivity (Wildman–Crippen MR) is 321 cm³/mol. The number of allylic oxidation sites excluding steroid dienone is 4. The zero-order valence-electron chi connectivity index (χ0n) is 47.8. The number of rotatable bonds is 28. The second-order valence-corrected chi connectivity index (χ2v) is 22.0. The van der Waals surface area contributed by atoms with Crippen molar-refractivity contribution in [2.24, 2.45) is 10.4 Å². The SMILES string of the molecule is C=C/C=C(\C=C)C(O)c1cc(OCC(=O)NCCOCCCCCOCCN(C)Sc2ccc(NCC#C/C(C)=C/c3c(C)cccc3NC3CCN(C)CC3)c(OC)c2)cc(C2=C(C)CN=C2C)c1.CCC(C)(C)C. The van der Waals surface area contributed by atoms with Crippen LogP contribution >= 0.6 is 11.9 Å². The number of unbranched alkanes of at least 4 members (excludes halogenated alkanes) is 2. The summed E-state index contributed by atoms with van der Waals surface area (Å²) in [7, 11) is 5.95. The van der Waals surface area contributed by atoms with Crippen LogP contribution in [0, 0.1) is 24.2 Å². The first-order valence-corrected chi connectivity index (χ1v) is 27.8. The van der Waals surface area contributed by atoms with Gasteiger partial charge < -0.3 is 44.9 Å². The number of hydrogen-bond acceptors (Lipinski definition) is 12. The maximum Gasteiger partial charge on any atom is 0.258 e. The van der Waals surface area contributed by atoms with E-state index in [-0.39, 0.29) is 12.5 Å². The first-order valence-electron chi connectivity index (χ1n) is 27.0. The van der Waals surface area contributed by atoms with Gasteiger partial charge in [0.1, 0.15) is 17.6 Å². The number of aryl methyl sites for hydroxylation is 1. The summed E-state index contributed by atoms with van der Waals surface area (Å²) < 4.78 is 25.5. The number of aliphatic hydroxyl groups is 1. The Hall–Kier alpha value is -5.59. The van der Waals surface area contributed by atoms with Crippen molar-refractivity contribution in [1.29, 1.82) is 0 Å². The quantitative estimate of drug-likeness (QED) is 0.0240. The number of hydrogen-bond donors (Lipinski definition) is 4. The van der Waals surface area contributed by atoms with Gasteiger partial charge in [0.05, 0.1) is 39.1 Å². The van der Waals surface area contributed by atoms with Crippen LogP contribution in [0.3, 0.4) is 0 Å². The van der Waals surface area contributed by atoms with E-state index in [4.69, 9.17) is 18.9 Å². The van der Waals surface area contributed by atoms with E-state index in [1.54, 1.807) is 43.4 Å². The highest BCUT2D eigenvalue weighted by molar-refractivity contribution is 7.97. The normalized spacial score (nSPS) is 14.8. The van der Waals surface area contributed by atoms with Crippen molar-refractivity contribution < 1.29 is 28.8 Å². The molecule has 0 bridgehead atoms. The monoisotopic (exact) mass is 1060 g/mol. The molecule has 414 valence electrons. The fraction of sp³-hybridized carbons (Fsp3) is 0.492. The van der Waals surface area contributed by atoms with E-state index >= 15 is 0 Å². The van der Waals surface area contributed by atoms with Crippen LogP contribution in [0.1, 0.15) is 115 Å². The molecule has 1 saturated heterocycles. The van der Waals surface area contributed by atoms with Gasteiger partial charge in [0.15, 0.2) is 6.61 Å². The average molecular weight is 1060 g/mol. The Morgan fingerprint density at radius 1 is 1.00 bits per heavy atom. The van der Waals surface area contributed by atoms with Crippen molar-refractivity contribution in [2.45, 2.75) is 111 Å². The van der Waals surface area contributed by atoms with Crippen LogP contribution in [0.5, 0.6) is 11.5 Å². The molecule has 3 aromatic carbocycles. The summed E-state index contributed by atoms with van der Waals surface area (Å²) in [6.45, 7) is 31.5. The van der Waals surface area contributed by atoms with Crippen LogP contribution in [-0.4, -0.2) is 125 Å². The maximum absolute atomic E-state index is 12.7. The number of piperidine rings is 1. The van der Waals surface area contributed by atoms with Gasteiger partial charge in [-0.05, 0) is 186 Å². The zero-order valence-corrected chi connectivity index (χ0v) is 48.7. The van der Waals surface area contributed by atoms with Crippen LogP contribution < -0.4 is 25.4 Å². The van der Waals surface area contributed by atoms with Crippen LogP contribution in [0.25, 0.3) is 11.6 Å². The van der Waals surface area contributed by atoms with Gasteiger partial charge >= 0.3 is 0 Å². The van der Waals surface area contributed by atoms with Crippen molar-refractivity contribution in [3.05, 3.63) is 125 Å². The van der Waals surface area contributed by atoms with Gasteiger partial charge in [-0.25, -0.2) is 4.31 Å². The van der Waals surface area contributed by atoms with E-state index in [1.165, 1.54) is 23.2 Å². The molecule has 0 aromatic heterocycles. The van der Waals surface area contributed by atoms with Gasteiger partial charge in [-0.15, -0.1) is 0 Å². The minimum absolute atomic E-state index is 0.168. The second kappa shape index (κ2) is 33.5. The number of carbonyl (C=O) groups excluding carboxylic acids is 1. The second-order valence-electron chi connectivity index (χ2n) is 20.7. The molecule has 2 aliphatic rings. The number of likely N-dealkylation sites (tertiary alicyclic amines) is 1. The summed E-state index contributed by atoms with van der Waals surface area (Å²) in [6.07, 6.45) is 12.6. The standard InChI is InChI=1S/C57H76N6O6S.C6H14/c1-10-17-45(11-2)57(65)47-35-46(56-43(5)39-60-44(56)6)36-49(37-47)69-40-55(64)59-26-32-67-30-13-12-14-31-68-33-29-63(8)70-50-21-22-53(54(38-50)66-9)58-25-16-18-41(3)34-51-42(4)19-15-20-52(51)61-48-23-27-62(7)28-24-48;1-5-6(2,3)4/h10-11,15,17,19-22,34-38,48,57-58,61,65H,1-2,12-14,23-33,39-40H2,3-9H3,(H,59,64);5H2,1-4H3/b41-34+,45-17+;. The molecule has 3 aromatic rings. The predicted octanol–water partition coefficient (Wildman–Crippen LogP) is 12.4. The fourth-order valence-electron chi connectivity index (χ4n) is 8.26. The zero-order chi connectivity index (χ0) is 55.5. The summed E-state index contributed by atoms with van der Waals surface area (Å²) in [5, 5.41) is 21.2. The Balaban J connectivity index is 0.00000196. The molecule has 0 spiro atoms. The smallest absolute Gasteiger partial charge is 0.258 e. The van der Waals surface area contributed by atoms with Crippen LogP contribution in [0.4, 0.5) is 11.4 Å². The minimum Gasteiger partial charge on any atom is -0.495 e. The molecule has 76 heavy (non-hydrogen) atoms. The molecule has 0 saturated carbocycles. The summed E-state index contributed by atoms with van der Waals surface area (Å²) in [5.74, 6) is 7.62. The molecule has 12 nitrogen and oxygen atoms in total. The Morgan fingerprint density at radius 3 is 2.38 bits per heavy atom. The van der Waals surface area contributed by atoms with E-state index in [2.05, 4.69) is 141 Å². The summed E-state index contributed by atoms with van der Waals surface area (Å²) in [5.41, 5.74) is 11.3. The van der Waals surface area contributed by atoms with Gasteiger partial charge in [-0.3, -0.25) is 9.79 Å². The molecular weight excluding hydrogens is 969 g/mol. The highest BCUT2D eigenvalue weighted by atomic mass is 32.2. The van der Waals surface area contributed by atoms with Gasteiger partial charge in [0.25, 0.3) is 5.91 Å². The number of nitrogens with one attached hydrogen (secondary N) is 3. The minimum atomic E-state index is -0.939. The van der Waals surface area contributed by atoms with E-state index in [0.717, 1.165) is 96.1 Å². The number of ether oxygens (including phenoxy) is 4. The number of amides is 1. The third kappa shape index (κ3) is 22.6. The molecule has 13 heteroatoms. The van der Waals surface area contributed by atoms with Crippen molar-refractivity contribution in [3.63, 3.8) is 0 Å². The molecule has 0 aliphatic carbocycles. The van der Waals surface area contributed by atoms with Gasteiger partial charge in [0.2, 0.25) is 0 Å². The molecule has 4 N–H and O–H groups in total. The van der Waals surface area contributed by atoms with Gasteiger partial charge in [-0.1, -0.05) is 89.5 Å². The summed E-state index contributed by atoms with van der Waals surface area (Å²) in [6, 6.07) is 18.7. The Labute approximate surface area is 461 Å². The lowest BCUT2D eigenvalue weighted by Gasteiger charge is -2.30. The molecule has 1 fully saturated rings. The first-order chi connectivity index (χ1) is 36.4. The van der Waals surface area contributed by atoms with E-state index in [9.17, 15) is 9.90 Å². The summed E-state index contributed by atoms with van der Waals surface area (Å²) in [4.78, 5) is 20.7. The third-order valence-corrected chi connectivity index (χ3v) is 14.2. The van der Waals surface area contributed by atoms with E-state index in [0.29, 0.717) is 74.4 Å². The number of carbonyl (C=O) groups is 1. The van der Waals surface area contributed by atoms with Crippen LogP contribution in [0.2, 0.25) is 0 Å². The Bertz CT molecular complexity index is 2520. The van der Waals surface area contributed by atoms with Crippen molar-refractivity contribution in [1.82, 2.24) is 14.5 Å². The van der Waals surface area contributed by atoms with Crippen molar-refractivity contribution in [3.8, 4) is 23.3 Å². The lowest BCUT2D eigenvalue weighted by molar-refractivity contribution is -0.123. The topological polar surface area (TPSA) is 129 Å². The van der Waals surface area contributed by atoms with Crippen molar-refractivity contribution in [2.75, 3.05) is 104 Å². The number of aliphatic hydroxyl groups excluding tert-OH is 1. The molecule has 5 rings (SSSR count). The van der Waals surface area contributed by atoms with E-state index < -0.39 is 6.10 Å². The Kier molecular flexibility index (Phi) is 27.8.